The van der Waals surface area contributed by atoms with Gasteiger partial charge >= 0.3 is 0 Å². The second-order valence-electron chi connectivity index (χ2n) is 2.95. The molecule has 0 bridgehead atoms. The first kappa shape index (κ1) is 11.4. The predicted octanol–water partition coefficient (Wildman–Crippen LogP) is 3.97. The average molecular weight is 172 g/mol. The van der Waals surface area contributed by atoms with Gasteiger partial charge in [-0.1, -0.05) is 51.1 Å². The van der Waals surface area contributed by atoms with Gasteiger partial charge in [-0.25, -0.2) is 0 Å². The third kappa shape index (κ3) is 2.75. The molecule has 0 saturated heterocycles. The van der Waals surface area contributed by atoms with E-state index in [1.54, 1.807) is 6.08 Å². The molecule has 0 nitrogen and oxygen atoms in total. The van der Waals surface area contributed by atoms with Gasteiger partial charge in [0.1, 0.15) is 0 Å². The highest BCUT2D eigenvalue weighted by molar-refractivity contribution is 5.59. The zero-order valence-corrected chi connectivity index (χ0v) is 8.32. The first-order valence-corrected chi connectivity index (χ1v) is 3.96. The minimum atomic E-state index is 0.767. The van der Waals surface area contributed by atoms with Crippen LogP contribution < -0.4 is 0 Å². The maximum Gasteiger partial charge on any atom is -0.0187 e. The zero-order valence-electron chi connectivity index (χ0n) is 8.32. The zero-order chi connectivity index (χ0) is 10.6. The summed E-state index contributed by atoms with van der Waals surface area (Å²) in [4.78, 5) is 0. The highest BCUT2D eigenvalue weighted by Gasteiger charge is 2.05. The summed E-state index contributed by atoms with van der Waals surface area (Å²) in [5, 5.41) is 0. The fraction of sp³-hybridized carbons (Fsp3) is 0.0769. The highest BCUT2D eigenvalue weighted by atomic mass is 14.1. The van der Waals surface area contributed by atoms with Crippen LogP contribution in [0.2, 0.25) is 0 Å². The van der Waals surface area contributed by atoms with Crippen molar-refractivity contribution in [2.75, 3.05) is 0 Å². The lowest BCUT2D eigenvalue weighted by Crippen LogP contribution is -1.92. The summed E-state index contributed by atoms with van der Waals surface area (Å²) in [6.45, 7) is 24.7. The molecular weight excluding hydrogens is 156 g/mol. The molecule has 0 amide bonds. The van der Waals surface area contributed by atoms with Gasteiger partial charge in [0, 0.05) is 0 Å². The molecule has 0 aliphatic rings. The van der Waals surface area contributed by atoms with Crippen molar-refractivity contribution >= 4 is 0 Å². The predicted molar refractivity (Wildman–Crippen MR) is 61.6 cm³/mol. The van der Waals surface area contributed by atoms with Crippen molar-refractivity contribution in [3.8, 4) is 0 Å². The van der Waals surface area contributed by atoms with Gasteiger partial charge in [0.05, 0.1) is 0 Å². The quantitative estimate of drug-likeness (QED) is 0.550. The third-order valence-corrected chi connectivity index (χ3v) is 1.88. The molecule has 0 N–H and O–H groups in total. The molecule has 0 heterocycles. The van der Waals surface area contributed by atoms with E-state index in [-0.39, 0.29) is 0 Å². The van der Waals surface area contributed by atoms with E-state index in [0.717, 1.165) is 27.9 Å². The third-order valence-electron chi connectivity index (χ3n) is 1.88. The molecule has 0 aromatic carbocycles. The number of allylic oxidation sites excluding steroid dienone is 6. The lowest BCUT2D eigenvalue weighted by Gasteiger charge is -2.11. The van der Waals surface area contributed by atoms with Gasteiger partial charge in [-0.15, -0.1) is 0 Å². The maximum absolute atomic E-state index is 3.88. The number of rotatable bonds is 5. The second-order valence-corrected chi connectivity index (χ2v) is 2.95. The molecule has 13 heavy (non-hydrogen) atoms. The molecule has 0 fully saturated rings. The van der Waals surface area contributed by atoms with Crippen molar-refractivity contribution in [3.63, 3.8) is 0 Å². The Kier molecular flexibility index (Phi) is 3.93. The Morgan fingerprint density at radius 3 is 1.62 bits per heavy atom. The molecule has 0 unspecified atom stereocenters. The van der Waals surface area contributed by atoms with Crippen LogP contribution in [0.15, 0.2) is 73.4 Å². The van der Waals surface area contributed by atoms with Gasteiger partial charge in [-0.2, -0.15) is 0 Å². The normalized spacial score (nSPS) is 8.69. The van der Waals surface area contributed by atoms with E-state index in [2.05, 4.69) is 39.5 Å². The van der Waals surface area contributed by atoms with Crippen molar-refractivity contribution in [2.24, 2.45) is 0 Å². The van der Waals surface area contributed by atoms with Crippen LogP contribution in [-0.4, -0.2) is 0 Å². The summed E-state index contributed by atoms with van der Waals surface area (Å²) >= 11 is 0. The summed E-state index contributed by atoms with van der Waals surface area (Å²) in [6.07, 6.45) is 1.65. The fourth-order valence-corrected chi connectivity index (χ4v) is 0.757. The number of hydrogen-bond donors (Lipinski definition) is 0. The van der Waals surface area contributed by atoms with Gasteiger partial charge in [0.25, 0.3) is 0 Å². The second kappa shape index (κ2) is 4.46. The number of hydrogen-bond acceptors (Lipinski definition) is 0. The van der Waals surface area contributed by atoms with Crippen LogP contribution in [0.5, 0.6) is 0 Å². The SMILES string of the molecule is C=CC(=C)C(=C)C(=C)C(=C)C(=C)C. The van der Waals surface area contributed by atoms with Crippen LogP contribution in [-0.2, 0) is 0 Å². The Morgan fingerprint density at radius 1 is 0.846 bits per heavy atom. The molecule has 0 radical (unpaired) electrons. The lowest BCUT2D eigenvalue weighted by molar-refractivity contribution is 1.37. The van der Waals surface area contributed by atoms with Crippen molar-refractivity contribution in [1.82, 2.24) is 0 Å². The van der Waals surface area contributed by atoms with E-state index in [0.29, 0.717) is 0 Å². The van der Waals surface area contributed by atoms with Crippen LogP contribution in [0.1, 0.15) is 6.92 Å². The van der Waals surface area contributed by atoms with E-state index in [9.17, 15) is 0 Å². The summed E-state index contributed by atoms with van der Waals surface area (Å²) in [5.74, 6) is 0. The minimum absolute atomic E-state index is 0.767. The Bertz CT molecular complexity index is 311. The smallest absolute Gasteiger partial charge is 0.0187 e. The van der Waals surface area contributed by atoms with E-state index < -0.39 is 0 Å². The Labute approximate surface area is 81.0 Å². The summed E-state index contributed by atoms with van der Waals surface area (Å²) in [5.41, 5.74) is 4.02. The minimum Gasteiger partial charge on any atom is -0.0985 e. The molecule has 0 rings (SSSR count). The van der Waals surface area contributed by atoms with Gasteiger partial charge < -0.3 is 0 Å². The topological polar surface area (TPSA) is 0 Å². The van der Waals surface area contributed by atoms with Gasteiger partial charge in [-0.3, -0.25) is 0 Å². The van der Waals surface area contributed by atoms with E-state index in [4.69, 9.17) is 0 Å². The molecule has 0 saturated carbocycles. The summed E-state index contributed by atoms with van der Waals surface area (Å²) in [7, 11) is 0. The Hall–Kier alpha value is -1.56. The van der Waals surface area contributed by atoms with Gasteiger partial charge in [0.15, 0.2) is 0 Å². The van der Waals surface area contributed by atoms with Crippen molar-refractivity contribution in [1.29, 1.82) is 0 Å². The first-order chi connectivity index (χ1) is 5.91. The highest BCUT2D eigenvalue weighted by Crippen LogP contribution is 2.24. The van der Waals surface area contributed by atoms with Crippen LogP contribution in [0, 0.1) is 0 Å². The van der Waals surface area contributed by atoms with Gasteiger partial charge in [0.2, 0.25) is 0 Å². The van der Waals surface area contributed by atoms with Crippen LogP contribution in [0.3, 0.4) is 0 Å². The van der Waals surface area contributed by atoms with E-state index in [1.807, 2.05) is 6.92 Å². The molecule has 0 aromatic rings. The Balaban J connectivity index is 4.73. The lowest BCUT2D eigenvalue weighted by atomic mass is 9.93. The molecule has 0 aromatic heterocycles. The van der Waals surface area contributed by atoms with Crippen molar-refractivity contribution in [2.45, 2.75) is 6.92 Å². The molecule has 0 heteroatoms. The molecular formula is C13H16. The average Bonchev–Trinajstić information content (AvgIpc) is 2.12. The largest absolute Gasteiger partial charge is 0.0985 e. The monoisotopic (exact) mass is 172 g/mol. The van der Waals surface area contributed by atoms with E-state index >= 15 is 0 Å². The molecule has 0 spiro atoms. The van der Waals surface area contributed by atoms with Crippen LogP contribution >= 0.6 is 0 Å². The summed E-state index contributed by atoms with van der Waals surface area (Å²) in [6, 6.07) is 0. The molecule has 0 aliphatic carbocycles. The van der Waals surface area contributed by atoms with Crippen molar-refractivity contribution < 1.29 is 0 Å². The van der Waals surface area contributed by atoms with Crippen LogP contribution in [0.25, 0.3) is 0 Å². The Morgan fingerprint density at radius 2 is 1.31 bits per heavy atom. The molecule has 0 atom stereocenters. The molecule has 68 valence electrons. The van der Waals surface area contributed by atoms with Crippen LogP contribution in [0.4, 0.5) is 0 Å². The molecule has 0 aliphatic heterocycles. The standard InChI is InChI=1S/C13H16/c1-8-10(4)12(6)13(7)11(5)9(2)3/h8H,1-2,4-7H2,3H3. The van der Waals surface area contributed by atoms with Crippen molar-refractivity contribution in [3.05, 3.63) is 73.4 Å². The maximum atomic E-state index is 3.88. The van der Waals surface area contributed by atoms with Gasteiger partial charge in [-0.05, 0) is 29.2 Å². The summed E-state index contributed by atoms with van der Waals surface area (Å²) < 4.78 is 0. The first-order valence-electron chi connectivity index (χ1n) is 3.96. The fourth-order valence-electron chi connectivity index (χ4n) is 0.757. The van der Waals surface area contributed by atoms with E-state index in [1.165, 1.54) is 0 Å².